The van der Waals surface area contributed by atoms with Gasteiger partial charge in [-0.05, 0) is 51.3 Å². The quantitative estimate of drug-likeness (QED) is 0.457. The summed E-state index contributed by atoms with van der Waals surface area (Å²) in [6, 6.07) is 8.61. The van der Waals surface area contributed by atoms with E-state index in [-0.39, 0.29) is 0 Å². The molecular weight excluding hydrogens is 250 g/mol. The molecule has 112 valence electrons. The maximum Gasteiger partial charge on any atom is 0.191 e. The number of hydrogen-bond donors (Lipinski definition) is 2. The van der Waals surface area contributed by atoms with Crippen molar-refractivity contribution < 1.29 is 4.74 Å². The highest BCUT2D eigenvalue weighted by Gasteiger charge is 1.99. The third-order valence-corrected chi connectivity index (χ3v) is 2.80. The van der Waals surface area contributed by atoms with Crippen LogP contribution in [0.1, 0.15) is 32.8 Å². The summed E-state index contributed by atoms with van der Waals surface area (Å²) in [6.45, 7) is 8.01. The minimum atomic E-state index is 0.395. The van der Waals surface area contributed by atoms with Crippen molar-refractivity contribution in [3.05, 3.63) is 29.8 Å². The first-order valence-electron chi connectivity index (χ1n) is 7.33. The van der Waals surface area contributed by atoms with Crippen LogP contribution in [0.4, 0.5) is 0 Å². The summed E-state index contributed by atoms with van der Waals surface area (Å²) in [5.74, 6) is 1.81. The zero-order valence-corrected chi connectivity index (χ0v) is 13.1. The van der Waals surface area contributed by atoms with Crippen LogP contribution in [0.15, 0.2) is 29.3 Å². The lowest BCUT2D eigenvalue weighted by Gasteiger charge is -2.13. The van der Waals surface area contributed by atoms with Crippen LogP contribution in [0.5, 0.6) is 5.75 Å². The van der Waals surface area contributed by atoms with Crippen LogP contribution < -0.4 is 15.4 Å². The zero-order chi connectivity index (χ0) is 14.8. The molecule has 0 spiro atoms. The van der Waals surface area contributed by atoms with Crippen molar-refractivity contribution in [2.75, 3.05) is 20.2 Å². The largest absolute Gasteiger partial charge is 0.497 e. The average molecular weight is 277 g/mol. The maximum atomic E-state index is 5.23. The van der Waals surface area contributed by atoms with Crippen LogP contribution in [0.2, 0.25) is 0 Å². The second-order valence-electron chi connectivity index (χ2n) is 5.01. The Morgan fingerprint density at radius 2 is 2.15 bits per heavy atom. The smallest absolute Gasteiger partial charge is 0.191 e. The molecule has 1 rings (SSSR count). The molecule has 0 aromatic heterocycles. The summed E-state index contributed by atoms with van der Waals surface area (Å²) >= 11 is 0. The Balaban J connectivity index is 2.41. The lowest BCUT2D eigenvalue weighted by molar-refractivity contribution is 0.414. The predicted molar refractivity (Wildman–Crippen MR) is 85.6 cm³/mol. The molecule has 0 saturated carbocycles. The number of aryl methyl sites for hydroxylation is 1. The van der Waals surface area contributed by atoms with Crippen LogP contribution >= 0.6 is 0 Å². The van der Waals surface area contributed by atoms with E-state index in [0.717, 1.165) is 37.6 Å². The van der Waals surface area contributed by atoms with Crippen LogP contribution in [0, 0.1) is 0 Å². The van der Waals surface area contributed by atoms with Gasteiger partial charge in [-0.25, -0.2) is 0 Å². The summed E-state index contributed by atoms with van der Waals surface area (Å²) in [6.07, 6.45) is 2.05. The van der Waals surface area contributed by atoms with E-state index in [2.05, 4.69) is 48.5 Å². The molecule has 0 fully saturated rings. The van der Waals surface area contributed by atoms with E-state index in [4.69, 9.17) is 4.74 Å². The van der Waals surface area contributed by atoms with Crippen LogP contribution in [-0.4, -0.2) is 32.2 Å². The Morgan fingerprint density at radius 3 is 2.80 bits per heavy atom. The molecule has 20 heavy (non-hydrogen) atoms. The van der Waals surface area contributed by atoms with Gasteiger partial charge < -0.3 is 15.4 Å². The third-order valence-electron chi connectivity index (χ3n) is 2.80. The molecule has 4 nitrogen and oxygen atoms in total. The van der Waals surface area contributed by atoms with Gasteiger partial charge in [0.2, 0.25) is 0 Å². The molecule has 1 aromatic rings. The summed E-state index contributed by atoms with van der Waals surface area (Å²) in [5, 5.41) is 6.57. The molecule has 0 amide bonds. The number of guanidine groups is 1. The molecule has 4 heteroatoms. The van der Waals surface area contributed by atoms with Gasteiger partial charge in [-0.15, -0.1) is 0 Å². The number of ether oxygens (including phenoxy) is 1. The molecule has 0 saturated heterocycles. The summed E-state index contributed by atoms with van der Waals surface area (Å²) in [5.41, 5.74) is 1.29. The Morgan fingerprint density at radius 1 is 1.35 bits per heavy atom. The molecule has 0 bridgehead atoms. The fraction of sp³-hybridized carbons (Fsp3) is 0.562. The van der Waals surface area contributed by atoms with Gasteiger partial charge in [-0.2, -0.15) is 0 Å². The highest BCUT2D eigenvalue weighted by molar-refractivity contribution is 5.79. The second kappa shape index (κ2) is 9.23. The number of methoxy groups -OCH3 is 1. The summed E-state index contributed by atoms with van der Waals surface area (Å²) in [7, 11) is 1.70. The number of hydrogen-bond acceptors (Lipinski definition) is 2. The Hall–Kier alpha value is -1.71. The number of nitrogens with one attached hydrogen (secondary N) is 2. The first-order chi connectivity index (χ1) is 9.65. The molecule has 2 N–H and O–H groups in total. The normalized spacial score (nSPS) is 11.6. The first-order valence-corrected chi connectivity index (χ1v) is 7.33. The van der Waals surface area contributed by atoms with Crippen molar-refractivity contribution in [3.63, 3.8) is 0 Å². The molecule has 0 radical (unpaired) electrons. The number of aliphatic imine (C=N–C) groups is 1. The monoisotopic (exact) mass is 277 g/mol. The highest BCUT2D eigenvalue weighted by atomic mass is 16.5. The minimum Gasteiger partial charge on any atom is -0.497 e. The Kier molecular flexibility index (Phi) is 7.55. The molecular formula is C16H27N3O. The van der Waals surface area contributed by atoms with Crippen LogP contribution in [-0.2, 0) is 6.42 Å². The fourth-order valence-electron chi connectivity index (χ4n) is 1.90. The minimum absolute atomic E-state index is 0.395. The van der Waals surface area contributed by atoms with Gasteiger partial charge >= 0.3 is 0 Å². The fourth-order valence-corrected chi connectivity index (χ4v) is 1.90. The van der Waals surface area contributed by atoms with E-state index in [9.17, 15) is 0 Å². The SMILES string of the molecule is CCNC(=NCCCc1cccc(OC)c1)NC(C)C. The van der Waals surface area contributed by atoms with E-state index in [1.54, 1.807) is 7.11 Å². The van der Waals surface area contributed by atoms with Crippen molar-refractivity contribution in [3.8, 4) is 5.75 Å². The lowest BCUT2D eigenvalue weighted by Crippen LogP contribution is -2.41. The van der Waals surface area contributed by atoms with E-state index in [0.29, 0.717) is 6.04 Å². The van der Waals surface area contributed by atoms with Gasteiger partial charge in [-0.3, -0.25) is 4.99 Å². The maximum absolute atomic E-state index is 5.23. The van der Waals surface area contributed by atoms with Crippen molar-refractivity contribution in [1.82, 2.24) is 10.6 Å². The molecule has 0 unspecified atom stereocenters. The first kappa shape index (κ1) is 16.3. The second-order valence-corrected chi connectivity index (χ2v) is 5.01. The molecule has 0 aliphatic heterocycles. The van der Waals surface area contributed by atoms with Gasteiger partial charge in [0.15, 0.2) is 5.96 Å². The lowest BCUT2D eigenvalue weighted by atomic mass is 10.1. The Bertz CT molecular complexity index is 416. The van der Waals surface area contributed by atoms with Gasteiger partial charge in [0.25, 0.3) is 0 Å². The van der Waals surface area contributed by atoms with Crippen LogP contribution in [0.25, 0.3) is 0 Å². The standard InChI is InChI=1S/C16H27N3O/c1-5-17-16(19-13(2)3)18-11-7-9-14-8-6-10-15(12-14)20-4/h6,8,10,12-13H,5,7,9,11H2,1-4H3,(H2,17,18,19). The predicted octanol–water partition coefficient (Wildman–Crippen LogP) is 2.59. The van der Waals surface area contributed by atoms with Gasteiger partial charge in [0, 0.05) is 19.1 Å². The number of nitrogens with zero attached hydrogens (tertiary/aromatic N) is 1. The van der Waals surface area contributed by atoms with E-state index >= 15 is 0 Å². The zero-order valence-electron chi connectivity index (χ0n) is 13.1. The van der Waals surface area contributed by atoms with E-state index in [1.165, 1.54) is 5.56 Å². The molecule has 0 aliphatic carbocycles. The van der Waals surface area contributed by atoms with Gasteiger partial charge in [0.1, 0.15) is 5.75 Å². The highest BCUT2D eigenvalue weighted by Crippen LogP contribution is 2.13. The third kappa shape index (κ3) is 6.45. The Labute approximate surface area is 122 Å². The van der Waals surface area contributed by atoms with E-state index in [1.807, 2.05) is 12.1 Å². The van der Waals surface area contributed by atoms with Crippen LogP contribution in [0.3, 0.4) is 0 Å². The van der Waals surface area contributed by atoms with Crippen molar-refractivity contribution in [1.29, 1.82) is 0 Å². The molecule has 0 heterocycles. The van der Waals surface area contributed by atoms with Crippen molar-refractivity contribution in [2.45, 2.75) is 39.7 Å². The molecule has 0 atom stereocenters. The molecule has 1 aromatic carbocycles. The van der Waals surface area contributed by atoms with Gasteiger partial charge in [-0.1, -0.05) is 12.1 Å². The average Bonchev–Trinajstić information content (AvgIpc) is 2.43. The summed E-state index contributed by atoms with van der Waals surface area (Å²) in [4.78, 5) is 4.57. The number of rotatable bonds is 7. The summed E-state index contributed by atoms with van der Waals surface area (Å²) < 4.78 is 5.23. The van der Waals surface area contributed by atoms with Crippen molar-refractivity contribution in [2.24, 2.45) is 4.99 Å². The van der Waals surface area contributed by atoms with E-state index < -0.39 is 0 Å². The van der Waals surface area contributed by atoms with Gasteiger partial charge in [0.05, 0.1) is 7.11 Å². The van der Waals surface area contributed by atoms with Crippen molar-refractivity contribution >= 4 is 5.96 Å². The number of benzene rings is 1. The topological polar surface area (TPSA) is 45.7 Å². The molecule has 0 aliphatic rings.